The zero-order valence-electron chi connectivity index (χ0n) is 19.6. The van der Waals surface area contributed by atoms with Crippen molar-refractivity contribution in [3.63, 3.8) is 0 Å². The molecule has 0 radical (unpaired) electrons. The van der Waals surface area contributed by atoms with Crippen LogP contribution in [0.3, 0.4) is 0 Å². The molecule has 1 amide bonds. The van der Waals surface area contributed by atoms with Gasteiger partial charge in [0.05, 0.1) is 43.9 Å². The molecule has 1 N–H and O–H groups in total. The highest BCUT2D eigenvalue weighted by atomic mass is 32.2. The van der Waals surface area contributed by atoms with E-state index in [9.17, 15) is 10.1 Å². The average molecular weight is 494 g/mol. The highest BCUT2D eigenvalue weighted by Gasteiger charge is 2.21. The van der Waals surface area contributed by atoms with Gasteiger partial charge in [-0.25, -0.2) is 0 Å². The van der Waals surface area contributed by atoms with Crippen LogP contribution in [-0.2, 0) is 11.3 Å². The normalized spacial score (nSPS) is 10.7. The van der Waals surface area contributed by atoms with Crippen molar-refractivity contribution in [2.75, 3.05) is 25.3 Å². The van der Waals surface area contributed by atoms with Gasteiger partial charge in [-0.1, -0.05) is 11.8 Å². The zero-order chi connectivity index (χ0) is 24.9. The molecule has 3 aromatic heterocycles. The first-order chi connectivity index (χ1) is 16.9. The van der Waals surface area contributed by atoms with Crippen LogP contribution in [0.2, 0.25) is 0 Å². The summed E-state index contributed by atoms with van der Waals surface area (Å²) in [7, 11) is 3.10. The van der Waals surface area contributed by atoms with Gasteiger partial charge in [0.2, 0.25) is 5.91 Å². The molecule has 35 heavy (non-hydrogen) atoms. The monoisotopic (exact) mass is 493 g/mol. The molecule has 0 aliphatic heterocycles. The van der Waals surface area contributed by atoms with Crippen molar-refractivity contribution in [1.29, 1.82) is 5.26 Å². The van der Waals surface area contributed by atoms with Gasteiger partial charge in [0.1, 0.15) is 29.1 Å². The largest absolute Gasteiger partial charge is 0.497 e. The molecular formula is C24H23N5O5S. The number of nitriles is 1. The van der Waals surface area contributed by atoms with Crippen molar-refractivity contribution in [1.82, 2.24) is 14.8 Å². The Balaban J connectivity index is 1.47. The fourth-order valence-electron chi connectivity index (χ4n) is 3.53. The smallest absolute Gasteiger partial charge is 0.277 e. The number of carbonyl (C=O) groups is 1. The molecule has 0 bridgehead atoms. The number of methoxy groups -OCH3 is 2. The first-order valence-corrected chi connectivity index (χ1v) is 11.5. The molecule has 3 heterocycles. The van der Waals surface area contributed by atoms with Crippen LogP contribution in [0.4, 0.5) is 5.82 Å². The Morgan fingerprint density at radius 1 is 1.23 bits per heavy atom. The summed E-state index contributed by atoms with van der Waals surface area (Å²) in [5.41, 5.74) is 2.70. The van der Waals surface area contributed by atoms with E-state index in [-0.39, 0.29) is 22.8 Å². The number of nitrogens with one attached hydrogen (secondary N) is 1. The number of ether oxygens (including phenoxy) is 2. The maximum Gasteiger partial charge on any atom is 0.277 e. The molecule has 0 saturated heterocycles. The molecule has 11 heteroatoms. The molecule has 0 unspecified atom stereocenters. The molecule has 0 spiro atoms. The topological polar surface area (TPSA) is 128 Å². The second kappa shape index (κ2) is 10.4. The lowest BCUT2D eigenvalue weighted by molar-refractivity contribution is -0.113. The number of hydrogen-bond acceptors (Lipinski definition) is 9. The number of amides is 1. The van der Waals surface area contributed by atoms with Gasteiger partial charge in [0.25, 0.3) is 11.1 Å². The molecule has 10 nitrogen and oxygen atoms in total. The lowest BCUT2D eigenvalue weighted by atomic mass is 10.2. The molecule has 0 saturated carbocycles. The summed E-state index contributed by atoms with van der Waals surface area (Å²) in [4.78, 5) is 12.8. The highest BCUT2D eigenvalue weighted by Crippen LogP contribution is 2.34. The molecule has 0 aliphatic rings. The predicted octanol–water partition coefficient (Wildman–Crippen LogP) is 4.42. The number of aromatic nitrogens is 3. The molecular weight excluding hydrogens is 470 g/mol. The van der Waals surface area contributed by atoms with Gasteiger partial charge in [-0.3, -0.25) is 4.79 Å². The maximum atomic E-state index is 12.8. The van der Waals surface area contributed by atoms with Crippen LogP contribution < -0.4 is 14.8 Å². The fraction of sp³-hybridized carbons (Fsp3) is 0.250. The van der Waals surface area contributed by atoms with Gasteiger partial charge in [0, 0.05) is 11.8 Å². The first kappa shape index (κ1) is 24.0. The second-order valence-electron chi connectivity index (χ2n) is 7.49. The van der Waals surface area contributed by atoms with Crippen LogP contribution in [0.1, 0.15) is 22.6 Å². The summed E-state index contributed by atoms with van der Waals surface area (Å²) in [5, 5.41) is 20.8. The molecule has 180 valence electrons. The number of thioether (sulfide) groups is 1. The van der Waals surface area contributed by atoms with Gasteiger partial charge in [-0.05, 0) is 43.7 Å². The van der Waals surface area contributed by atoms with Crippen molar-refractivity contribution < 1.29 is 23.1 Å². The van der Waals surface area contributed by atoms with Crippen LogP contribution in [0.25, 0.3) is 11.5 Å². The van der Waals surface area contributed by atoms with E-state index >= 15 is 0 Å². The third-order valence-corrected chi connectivity index (χ3v) is 6.28. The molecule has 4 rings (SSSR count). The minimum Gasteiger partial charge on any atom is -0.497 e. The van der Waals surface area contributed by atoms with Crippen LogP contribution in [-0.4, -0.2) is 40.6 Å². The molecule has 4 aromatic rings. The van der Waals surface area contributed by atoms with Crippen molar-refractivity contribution in [2.45, 2.75) is 25.6 Å². The van der Waals surface area contributed by atoms with Gasteiger partial charge < -0.3 is 28.2 Å². The first-order valence-electron chi connectivity index (χ1n) is 10.6. The van der Waals surface area contributed by atoms with Crippen LogP contribution in [0.5, 0.6) is 11.5 Å². The predicted molar refractivity (Wildman–Crippen MR) is 129 cm³/mol. The number of carbonyl (C=O) groups excluding carboxylic acids is 1. The summed E-state index contributed by atoms with van der Waals surface area (Å²) < 4.78 is 23.6. The van der Waals surface area contributed by atoms with Crippen molar-refractivity contribution >= 4 is 23.5 Å². The number of furan rings is 1. The minimum absolute atomic E-state index is 0.0102. The lowest BCUT2D eigenvalue weighted by Gasteiger charge is -2.11. The SMILES string of the molecule is COc1ccc(-c2nnc(SCC(=O)Nc3c(C#N)c(C)c(C)n3Cc3ccco3)o2)c(OC)c1. The van der Waals surface area contributed by atoms with Crippen molar-refractivity contribution in [2.24, 2.45) is 0 Å². The number of hydrogen-bond donors (Lipinski definition) is 1. The fourth-order valence-corrected chi connectivity index (χ4v) is 4.10. The number of rotatable bonds is 9. The standard InChI is InChI=1S/C24H23N5O5S/c1-14-15(2)29(12-17-6-5-9-33-17)22(19(14)11-25)26-21(30)13-35-24-28-27-23(34-24)18-8-7-16(31-3)10-20(18)32-4/h5-10H,12-13H2,1-4H3,(H,26,30). The van der Waals surface area contributed by atoms with Gasteiger partial charge in [-0.15, -0.1) is 10.2 Å². The summed E-state index contributed by atoms with van der Waals surface area (Å²) in [6.07, 6.45) is 1.58. The molecule has 0 fully saturated rings. The van der Waals surface area contributed by atoms with Crippen LogP contribution >= 0.6 is 11.8 Å². The molecule has 1 aromatic carbocycles. The third-order valence-electron chi connectivity index (χ3n) is 5.47. The third kappa shape index (κ3) is 5.02. The second-order valence-corrected chi connectivity index (χ2v) is 8.41. The van der Waals surface area contributed by atoms with E-state index in [0.717, 1.165) is 23.0 Å². The number of nitrogens with zero attached hydrogens (tertiary/aromatic N) is 4. The highest BCUT2D eigenvalue weighted by molar-refractivity contribution is 7.99. The van der Waals surface area contributed by atoms with E-state index in [0.29, 0.717) is 40.7 Å². The lowest BCUT2D eigenvalue weighted by Crippen LogP contribution is -2.18. The average Bonchev–Trinajstić information content (AvgIpc) is 3.61. The maximum absolute atomic E-state index is 12.8. The quantitative estimate of drug-likeness (QED) is 0.337. The van der Waals surface area contributed by atoms with Gasteiger partial charge in [0.15, 0.2) is 0 Å². The van der Waals surface area contributed by atoms with E-state index < -0.39 is 0 Å². The Hall–Kier alpha value is -4.17. The summed E-state index contributed by atoms with van der Waals surface area (Å²) >= 11 is 1.09. The van der Waals surface area contributed by atoms with E-state index in [1.807, 2.05) is 24.5 Å². The Morgan fingerprint density at radius 2 is 2.06 bits per heavy atom. The Morgan fingerprint density at radius 3 is 2.74 bits per heavy atom. The van der Waals surface area contributed by atoms with E-state index in [2.05, 4.69) is 21.6 Å². The van der Waals surface area contributed by atoms with Crippen molar-refractivity contribution in [3.8, 4) is 29.0 Å². The van der Waals surface area contributed by atoms with E-state index in [1.165, 1.54) is 7.11 Å². The molecule has 0 atom stereocenters. The Labute approximate surface area is 205 Å². The Bertz CT molecular complexity index is 1380. The van der Waals surface area contributed by atoms with Gasteiger partial charge in [-0.2, -0.15) is 5.26 Å². The van der Waals surface area contributed by atoms with Gasteiger partial charge >= 0.3 is 0 Å². The zero-order valence-corrected chi connectivity index (χ0v) is 20.4. The summed E-state index contributed by atoms with van der Waals surface area (Å²) in [6.45, 7) is 4.14. The Kier molecular flexibility index (Phi) is 7.12. The van der Waals surface area contributed by atoms with Crippen LogP contribution in [0, 0.1) is 25.2 Å². The number of anilines is 1. The summed E-state index contributed by atoms with van der Waals surface area (Å²) in [5.74, 6) is 2.26. The van der Waals surface area contributed by atoms with E-state index in [1.54, 1.807) is 37.6 Å². The van der Waals surface area contributed by atoms with E-state index in [4.69, 9.17) is 18.3 Å². The number of benzene rings is 1. The minimum atomic E-state index is -0.313. The summed E-state index contributed by atoms with van der Waals surface area (Å²) in [6, 6.07) is 11.1. The van der Waals surface area contributed by atoms with Crippen molar-refractivity contribution in [3.05, 3.63) is 59.2 Å². The van der Waals surface area contributed by atoms with Crippen LogP contribution in [0.15, 0.2) is 50.7 Å². The molecule has 0 aliphatic carbocycles.